The van der Waals surface area contributed by atoms with Crippen molar-refractivity contribution >= 4 is 11.7 Å². The van der Waals surface area contributed by atoms with Gasteiger partial charge in [0.2, 0.25) is 0 Å². The maximum Gasteiger partial charge on any atom is 0.328 e. The largest absolute Gasteiger partial charge is 0.478 e. The lowest BCUT2D eigenvalue weighted by Crippen LogP contribution is -2.04. The predicted molar refractivity (Wildman–Crippen MR) is 67.3 cm³/mol. The second-order valence-corrected chi connectivity index (χ2v) is 3.52. The molecule has 0 fully saturated rings. The molecule has 0 amide bonds. The van der Waals surface area contributed by atoms with Crippen LogP contribution in [0.5, 0.6) is 0 Å². The number of ether oxygens (including phenoxy) is 1. The van der Waals surface area contributed by atoms with Crippen LogP contribution in [0.3, 0.4) is 0 Å². The molecule has 92 valence electrons. The quantitative estimate of drug-likeness (QED) is 0.709. The number of anilines is 1. The molecule has 0 heterocycles. The van der Waals surface area contributed by atoms with Crippen LogP contribution < -0.4 is 5.32 Å². The molecule has 17 heavy (non-hydrogen) atoms. The van der Waals surface area contributed by atoms with Crippen molar-refractivity contribution in [3.63, 3.8) is 0 Å². The van der Waals surface area contributed by atoms with E-state index in [-0.39, 0.29) is 0 Å². The number of hydrogen-bond donors (Lipinski definition) is 2. The number of methoxy groups -OCH3 is 1. The number of carboxylic acids is 1. The van der Waals surface area contributed by atoms with E-state index in [9.17, 15) is 4.79 Å². The summed E-state index contributed by atoms with van der Waals surface area (Å²) in [6.45, 7) is 1.17. The monoisotopic (exact) mass is 235 g/mol. The molecule has 0 radical (unpaired) electrons. The van der Waals surface area contributed by atoms with Crippen LogP contribution in [0.2, 0.25) is 0 Å². The fourth-order valence-electron chi connectivity index (χ4n) is 1.45. The number of para-hydroxylation sites is 1. The highest BCUT2D eigenvalue weighted by molar-refractivity contribution is 5.79. The van der Waals surface area contributed by atoms with E-state index in [1.165, 1.54) is 0 Å². The molecule has 0 aliphatic heterocycles. The summed E-state index contributed by atoms with van der Waals surface area (Å²) in [6, 6.07) is 7.92. The molecule has 0 aliphatic carbocycles. The first-order chi connectivity index (χ1) is 8.24. The van der Waals surface area contributed by atoms with Gasteiger partial charge in [0, 0.05) is 25.4 Å². The van der Waals surface area contributed by atoms with Gasteiger partial charge in [-0.15, -0.1) is 0 Å². The topological polar surface area (TPSA) is 58.6 Å². The lowest BCUT2D eigenvalue weighted by Gasteiger charge is -2.09. The van der Waals surface area contributed by atoms with Gasteiger partial charge in [-0.2, -0.15) is 0 Å². The van der Waals surface area contributed by atoms with Crippen molar-refractivity contribution in [3.8, 4) is 0 Å². The first kappa shape index (κ1) is 13.3. The van der Waals surface area contributed by atoms with Crippen LogP contribution in [0.15, 0.2) is 36.4 Å². The normalized spacial score (nSPS) is 10.6. The minimum Gasteiger partial charge on any atom is -0.478 e. The highest BCUT2D eigenvalue weighted by Gasteiger charge is 1.99. The molecule has 4 heteroatoms. The first-order valence-electron chi connectivity index (χ1n) is 5.44. The highest BCUT2D eigenvalue weighted by atomic mass is 16.5. The Morgan fingerprint density at radius 2 is 2.24 bits per heavy atom. The third-order valence-corrected chi connectivity index (χ3v) is 2.26. The third kappa shape index (κ3) is 5.17. The summed E-state index contributed by atoms with van der Waals surface area (Å²) in [5, 5.41) is 11.6. The molecule has 1 rings (SSSR count). The van der Waals surface area contributed by atoms with Crippen molar-refractivity contribution in [3.05, 3.63) is 42.0 Å². The molecule has 2 N–H and O–H groups in total. The molecule has 4 nitrogen and oxygen atoms in total. The van der Waals surface area contributed by atoms with E-state index < -0.39 is 5.97 Å². The fourth-order valence-corrected chi connectivity index (χ4v) is 1.45. The van der Waals surface area contributed by atoms with Gasteiger partial charge in [0.1, 0.15) is 0 Å². The van der Waals surface area contributed by atoms with Crippen LogP contribution in [0.1, 0.15) is 5.56 Å². The Labute approximate surface area is 101 Å². The van der Waals surface area contributed by atoms with Gasteiger partial charge in [-0.1, -0.05) is 24.3 Å². The van der Waals surface area contributed by atoms with Gasteiger partial charge in [0.15, 0.2) is 0 Å². The Morgan fingerprint density at radius 3 is 2.94 bits per heavy atom. The molecule has 0 atom stereocenters. The van der Waals surface area contributed by atoms with E-state index in [0.717, 1.165) is 23.7 Å². The Hall–Kier alpha value is -1.81. The standard InChI is InChI=1S/C13H17NO3/c1-17-10-8-11-5-2-3-6-12(11)14-9-4-7-13(15)16/h2-7,14H,8-10H2,1H3,(H,15,16)/b7-4+. The smallest absolute Gasteiger partial charge is 0.328 e. The molecule has 0 saturated heterocycles. The first-order valence-corrected chi connectivity index (χ1v) is 5.44. The zero-order valence-electron chi connectivity index (χ0n) is 9.85. The van der Waals surface area contributed by atoms with Crippen molar-refractivity contribution in [2.75, 3.05) is 25.6 Å². The van der Waals surface area contributed by atoms with Crippen LogP contribution >= 0.6 is 0 Å². The van der Waals surface area contributed by atoms with Gasteiger partial charge in [0.05, 0.1) is 6.61 Å². The summed E-state index contributed by atoms with van der Waals surface area (Å²) in [5.41, 5.74) is 2.18. The second kappa shape index (κ2) is 7.46. The van der Waals surface area contributed by atoms with Gasteiger partial charge in [-0.3, -0.25) is 0 Å². The molecule has 1 aromatic carbocycles. The van der Waals surface area contributed by atoms with Gasteiger partial charge in [-0.05, 0) is 18.1 Å². The van der Waals surface area contributed by atoms with E-state index in [1.807, 2.05) is 24.3 Å². The van der Waals surface area contributed by atoms with E-state index in [1.54, 1.807) is 13.2 Å². The lowest BCUT2D eigenvalue weighted by atomic mass is 10.1. The van der Waals surface area contributed by atoms with E-state index in [4.69, 9.17) is 9.84 Å². The molecule has 0 bridgehead atoms. The molecule has 0 spiro atoms. The van der Waals surface area contributed by atoms with Crippen molar-refractivity contribution < 1.29 is 14.6 Å². The Bertz CT molecular complexity index is 388. The van der Waals surface area contributed by atoms with Gasteiger partial charge in [0.25, 0.3) is 0 Å². The van der Waals surface area contributed by atoms with Gasteiger partial charge in [-0.25, -0.2) is 4.79 Å². The lowest BCUT2D eigenvalue weighted by molar-refractivity contribution is -0.131. The SMILES string of the molecule is COCCc1ccccc1NC/C=C/C(=O)O. The fraction of sp³-hybridized carbons (Fsp3) is 0.308. The van der Waals surface area contributed by atoms with Gasteiger partial charge >= 0.3 is 5.97 Å². The number of carboxylic acid groups (broad SMARTS) is 1. The Kier molecular flexibility index (Phi) is 5.82. The Morgan fingerprint density at radius 1 is 1.47 bits per heavy atom. The van der Waals surface area contributed by atoms with Crippen LogP contribution in [-0.2, 0) is 16.0 Å². The van der Waals surface area contributed by atoms with E-state index >= 15 is 0 Å². The number of hydrogen-bond acceptors (Lipinski definition) is 3. The predicted octanol–water partition coefficient (Wildman–Crippen LogP) is 1.93. The summed E-state index contributed by atoms with van der Waals surface area (Å²) < 4.78 is 5.04. The molecule has 0 saturated carbocycles. The van der Waals surface area contributed by atoms with Crippen LogP contribution in [0, 0.1) is 0 Å². The van der Waals surface area contributed by atoms with Crippen molar-refractivity contribution in [1.82, 2.24) is 0 Å². The Balaban J connectivity index is 2.54. The van der Waals surface area contributed by atoms with Crippen LogP contribution in [-0.4, -0.2) is 31.3 Å². The summed E-state index contributed by atoms with van der Waals surface area (Å²) in [7, 11) is 1.67. The number of benzene rings is 1. The number of rotatable bonds is 7. The summed E-state index contributed by atoms with van der Waals surface area (Å²) in [6.07, 6.45) is 3.54. The zero-order valence-corrected chi connectivity index (χ0v) is 9.85. The maximum atomic E-state index is 10.3. The minimum absolute atomic E-state index is 0.496. The summed E-state index contributed by atoms with van der Waals surface area (Å²) >= 11 is 0. The van der Waals surface area contributed by atoms with E-state index in [0.29, 0.717) is 13.2 Å². The summed E-state index contributed by atoms with van der Waals surface area (Å²) in [5.74, 6) is -0.931. The maximum absolute atomic E-state index is 10.3. The highest BCUT2D eigenvalue weighted by Crippen LogP contribution is 2.15. The zero-order chi connectivity index (χ0) is 12.5. The third-order valence-electron chi connectivity index (χ3n) is 2.26. The van der Waals surface area contributed by atoms with Crippen LogP contribution in [0.4, 0.5) is 5.69 Å². The van der Waals surface area contributed by atoms with E-state index in [2.05, 4.69) is 5.32 Å². The van der Waals surface area contributed by atoms with Crippen molar-refractivity contribution in [2.45, 2.75) is 6.42 Å². The molecular formula is C13H17NO3. The second-order valence-electron chi connectivity index (χ2n) is 3.52. The molecule has 0 unspecified atom stereocenters. The molecule has 1 aromatic rings. The average molecular weight is 235 g/mol. The minimum atomic E-state index is -0.931. The van der Waals surface area contributed by atoms with Crippen LogP contribution in [0.25, 0.3) is 0 Å². The molecule has 0 aromatic heterocycles. The van der Waals surface area contributed by atoms with Crippen molar-refractivity contribution in [2.24, 2.45) is 0 Å². The molecular weight excluding hydrogens is 218 g/mol. The number of nitrogens with one attached hydrogen (secondary N) is 1. The van der Waals surface area contributed by atoms with Gasteiger partial charge < -0.3 is 15.2 Å². The van der Waals surface area contributed by atoms with Crippen molar-refractivity contribution in [1.29, 1.82) is 0 Å². The number of aliphatic carboxylic acids is 1. The molecule has 0 aliphatic rings. The average Bonchev–Trinajstić information content (AvgIpc) is 2.33. The summed E-state index contributed by atoms with van der Waals surface area (Å²) in [4.78, 5) is 10.3. The number of carbonyl (C=O) groups is 1.